The highest BCUT2D eigenvalue weighted by atomic mass is 32.1. The molecule has 0 amide bonds. The van der Waals surface area contributed by atoms with Gasteiger partial charge in [-0.3, -0.25) is 0 Å². The minimum Gasteiger partial charge on any atom is -0.376 e. The van der Waals surface area contributed by atoms with Crippen molar-refractivity contribution in [1.29, 1.82) is 0 Å². The van der Waals surface area contributed by atoms with E-state index in [0.29, 0.717) is 17.9 Å². The van der Waals surface area contributed by atoms with Crippen LogP contribution >= 0.6 is 12.2 Å². The van der Waals surface area contributed by atoms with Gasteiger partial charge in [-0.1, -0.05) is 19.1 Å². The van der Waals surface area contributed by atoms with Gasteiger partial charge in [0.15, 0.2) is 0 Å². The number of hydrogen-bond acceptors (Lipinski definition) is 4. The molecule has 1 aliphatic heterocycles. The lowest BCUT2D eigenvalue weighted by Crippen LogP contribution is -2.37. The molecule has 1 N–H and O–H groups in total. The zero-order valence-electron chi connectivity index (χ0n) is 12.9. The Kier molecular flexibility index (Phi) is 4.43. The van der Waals surface area contributed by atoms with Crippen molar-refractivity contribution >= 4 is 12.2 Å². The van der Waals surface area contributed by atoms with Crippen LogP contribution in [-0.2, 0) is 28.1 Å². The molecule has 0 saturated heterocycles. The summed E-state index contributed by atoms with van der Waals surface area (Å²) in [6.07, 6.45) is 5.29. The highest BCUT2D eigenvalue weighted by molar-refractivity contribution is 7.71. The number of ether oxygens (including phenoxy) is 2. The van der Waals surface area contributed by atoms with Crippen LogP contribution in [0.4, 0.5) is 0 Å². The number of H-pyrrole nitrogens is 1. The third-order valence-electron chi connectivity index (χ3n) is 4.78. The lowest BCUT2D eigenvalue weighted by molar-refractivity contribution is -0.0840. The summed E-state index contributed by atoms with van der Waals surface area (Å²) in [7, 11) is 0. The Hall–Kier alpha value is -0.780. The first-order valence-electron chi connectivity index (χ1n) is 7.99. The fourth-order valence-electron chi connectivity index (χ4n) is 3.43. The molecule has 4 nitrogen and oxygen atoms in total. The number of nitrogens with zero attached hydrogens (tertiary/aromatic N) is 1. The van der Waals surface area contributed by atoms with Crippen LogP contribution < -0.4 is 0 Å². The third-order valence-corrected chi connectivity index (χ3v) is 5.12. The van der Waals surface area contributed by atoms with Crippen LogP contribution in [0, 0.1) is 10.6 Å². The molecule has 2 aliphatic rings. The SMILES string of the molecule is CCOC1(c2nc(=S)c3c([nH]2)CCOC3)CCC(C)CC1. The molecular weight excluding hydrogens is 284 g/mol. The molecular formula is C16H24N2O2S. The Labute approximate surface area is 131 Å². The number of rotatable bonds is 3. The third kappa shape index (κ3) is 2.91. The first-order chi connectivity index (χ1) is 10.1. The van der Waals surface area contributed by atoms with Gasteiger partial charge in [-0.25, -0.2) is 4.98 Å². The summed E-state index contributed by atoms with van der Waals surface area (Å²) >= 11 is 5.49. The van der Waals surface area contributed by atoms with Crippen molar-refractivity contribution in [1.82, 2.24) is 9.97 Å². The van der Waals surface area contributed by atoms with E-state index in [-0.39, 0.29) is 5.60 Å². The molecule has 1 aliphatic carbocycles. The Morgan fingerprint density at radius 2 is 2.19 bits per heavy atom. The molecule has 1 saturated carbocycles. The average molecular weight is 308 g/mol. The van der Waals surface area contributed by atoms with Gasteiger partial charge in [-0.2, -0.15) is 0 Å². The summed E-state index contributed by atoms with van der Waals surface area (Å²) in [4.78, 5) is 8.21. The van der Waals surface area contributed by atoms with Crippen molar-refractivity contribution in [2.75, 3.05) is 13.2 Å². The second-order valence-electron chi connectivity index (χ2n) is 6.26. The zero-order valence-corrected chi connectivity index (χ0v) is 13.7. The first-order valence-corrected chi connectivity index (χ1v) is 8.39. The Morgan fingerprint density at radius 1 is 1.43 bits per heavy atom. The van der Waals surface area contributed by atoms with Gasteiger partial charge in [0.05, 0.1) is 13.2 Å². The standard InChI is InChI=1S/C16H24N2O2S/c1-3-20-16(7-4-11(2)5-8-16)15-17-13-6-9-19-10-12(13)14(21)18-15/h11H,3-10H2,1-2H3,(H,17,18,21). The van der Waals surface area contributed by atoms with E-state index in [9.17, 15) is 0 Å². The fourth-order valence-corrected chi connectivity index (χ4v) is 3.70. The molecule has 2 heterocycles. The topological polar surface area (TPSA) is 47.1 Å². The molecule has 0 aromatic carbocycles. The van der Waals surface area contributed by atoms with Crippen LogP contribution in [-0.4, -0.2) is 23.2 Å². The maximum absolute atomic E-state index is 6.18. The van der Waals surface area contributed by atoms with Gasteiger partial charge in [-0.05, 0) is 38.5 Å². The van der Waals surface area contributed by atoms with Crippen molar-refractivity contribution in [3.8, 4) is 0 Å². The van der Waals surface area contributed by atoms with Crippen LogP contribution in [0.3, 0.4) is 0 Å². The summed E-state index contributed by atoms with van der Waals surface area (Å²) in [5.74, 6) is 1.70. The highest BCUT2D eigenvalue weighted by Gasteiger charge is 2.39. The van der Waals surface area contributed by atoms with Gasteiger partial charge >= 0.3 is 0 Å². The Morgan fingerprint density at radius 3 is 2.90 bits per heavy atom. The van der Waals surface area contributed by atoms with E-state index in [0.717, 1.165) is 43.2 Å². The van der Waals surface area contributed by atoms with Gasteiger partial charge in [0.2, 0.25) is 0 Å². The molecule has 1 fully saturated rings. The number of aromatic nitrogens is 2. The van der Waals surface area contributed by atoms with Gasteiger partial charge in [0.1, 0.15) is 16.1 Å². The molecule has 5 heteroatoms. The minimum absolute atomic E-state index is 0.276. The number of aromatic amines is 1. The van der Waals surface area contributed by atoms with E-state index < -0.39 is 0 Å². The highest BCUT2D eigenvalue weighted by Crippen LogP contribution is 2.41. The van der Waals surface area contributed by atoms with E-state index in [1.165, 1.54) is 18.5 Å². The van der Waals surface area contributed by atoms with Crippen LogP contribution in [0.5, 0.6) is 0 Å². The van der Waals surface area contributed by atoms with Crippen molar-refractivity contribution in [2.24, 2.45) is 5.92 Å². The maximum Gasteiger partial charge on any atom is 0.140 e. The number of hydrogen-bond donors (Lipinski definition) is 1. The van der Waals surface area contributed by atoms with Crippen molar-refractivity contribution in [3.63, 3.8) is 0 Å². The summed E-state index contributed by atoms with van der Waals surface area (Å²) in [6.45, 7) is 6.41. The predicted molar refractivity (Wildman–Crippen MR) is 83.7 cm³/mol. The van der Waals surface area contributed by atoms with Crippen molar-refractivity contribution in [3.05, 3.63) is 21.7 Å². The van der Waals surface area contributed by atoms with Crippen LogP contribution in [0.1, 0.15) is 56.6 Å². The van der Waals surface area contributed by atoms with Gasteiger partial charge < -0.3 is 14.5 Å². The molecule has 1 aromatic rings. The summed E-state index contributed by atoms with van der Waals surface area (Å²) in [5, 5.41) is 0. The van der Waals surface area contributed by atoms with Crippen LogP contribution in [0.15, 0.2) is 0 Å². The Balaban J connectivity index is 2.00. The molecule has 0 spiro atoms. The molecule has 116 valence electrons. The second kappa shape index (κ2) is 6.15. The maximum atomic E-state index is 6.18. The summed E-state index contributed by atoms with van der Waals surface area (Å²) < 4.78 is 12.3. The second-order valence-corrected chi connectivity index (χ2v) is 6.65. The van der Waals surface area contributed by atoms with E-state index in [1.54, 1.807) is 0 Å². The summed E-state index contributed by atoms with van der Waals surface area (Å²) in [6, 6.07) is 0. The quantitative estimate of drug-likeness (QED) is 0.866. The van der Waals surface area contributed by atoms with Crippen LogP contribution in [0.2, 0.25) is 0 Å². The Bertz CT molecular complexity index is 562. The molecule has 0 unspecified atom stereocenters. The number of nitrogens with one attached hydrogen (secondary N) is 1. The van der Waals surface area contributed by atoms with Gasteiger partial charge in [0, 0.05) is 24.3 Å². The van der Waals surface area contributed by atoms with E-state index in [4.69, 9.17) is 21.7 Å². The normalized spacial score (nSPS) is 29.1. The van der Waals surface area contributed by atoms with E-state index in [1.807, 2.05) is 0 Å². The first kappa shape index (κ1) is 15.1. The lowest BCUT2D eigenvalue weighted by atomic mass is 9.78. The van der Waals surface area contributed by atoms with Crippen LogP contribution in [0.25, 0.3) is 0 Å². The zero-order chi connectivity index (χ0) is 14.9. The largest absolute Gasteiger partial charge is 0.376 e. The van der Waals surface area contributed by atoms with Crippen molar-refractivity contribution < 1.29 is 9.47 Å². The minimum atomic E-state index is -0.276. The van der Waals surface area contributed by atoms with Gasteiger partial charge in [0.25, 0.3) is 0 Å². The smallest absolute Gasteiger partial charge is 0.140 e. The monoisotopic (exact) mass is 308 g/mol. The van der Waals surface area contributed by atoms with Crippen molar-refractivity contribution in [2.45, 2.75) is 58.2 Å². The molecule has 3 rings (SSSR count). The molecule has 1 aromatic heterocycles. The molecule has 21 heavy (non-hydrogen) atoms. The molecule has 0 atom stereocenters. The predicted octanol–water partition coefficient (Wildman–Crippen LogP) is 3.65. The average Bonchev–Trinajstić information content (AvgIpc) is 2.50. The fraction of sp³-hybridized carbons (Fsp3) is 0.750. The van der Waals surface area contributed by atoms with E-state index in [2.05, 4.69) is 23.8 Å². The molecule has 0 bridgehead atoms. The van der Waals surface area contributed by atoms with Gasteiger partial charge in [-0.15, -0.1) is 0 Å². The van der Waals surface area contributed by atoms with E-state index >= 15 is 0 Å². The summed E-state index contributed by atoms with van der Waals surface area (Å²) in [5.41, 5.74) is 1.96. The lowest BCUT2D eigenvalue weighted by Gasteiger charge is -2.38. The molecule has 0 radical (unpaired) electrons. The number of fused-ring (bicyclic) bond motifs is 1.